The maximum atomic E-state index is 12.8. The first-order chi connectivity index (χ1) is 16.7. The highest BCUT2D eigenvalue weighted by Crippen LogP contribution is 2.31. The minimum Gasteiger partial charge on any atom is -0.354 e. The van der Waals surface area contributed by atoms with Crippen LogP contribution in [0.1, 0.15) is 27.3 Å². The highest BCUT2D eigenvalue weighted by atomic mass is 32.2. The van der Waals surface area contributed by atoms with E-state index in [1.165, 1.54) is 11.0 Å². The third-order valence-corrected chi connectivity index (χ3v) is 6.81. The summed E-state index contributed by atoms with van der Waals surface area (Å²) in [4.78, 5) is 23.3. The van der Waals surface area contributed by atoms with Gasteiger partial charge in [0.25, 0.3) is 5.91 Å². The fourth-order valence-corrected chi connectivity index (χ4v) is 4.75. The Morgan fingerprint density at radius 1 is 1.11 bits per heavy atom. The zero-order valence-electron chi connectivity index (χ0n) is 18.1. The second kappa shape index (κ2) is 9.11. The molecule has 0 spiro atoms. The SMILES string of the molecule is O=C(c1c[nH]c(S(=O)(=O)CC(F)(F)F)n1)N1CCc2c(cccc2Nc2ccc(C(F)(F)F)nc2)C1. The van der Waals surface area contributed by atoms with E-state index in [1.807, 2.05) is 0 Å². The van der Waals surface area contributed by atoms with Gasteiger partial charge in [-0.2, -0.15) is 26.3 Å². The zero-order valence-corrected chi connectivity index (χ0v) is 18.9. The predicted molar refractivity (Wildman–Crippen MR) is 114 cm³/mol. The molecule has 0 unspecified atom stereocenters. The number of hydrogen-bond donors (Lipinski definition) is 2. The quantitative estimate of drug-likeness (QED) is 0.479. The van der Waals surface area contributed by atoms with Crippen molar-refractivity contribution >= 4 is 27.1 Å². The van der Waals surface area contributed by atoms with Crippen molar-refractivity contribution in [1.29, 1.82) is 0 Å². The van der Waals surface area contributed by atoms with Crippen molar-refractivity contribution in [3.8, 4) is 0 Å². The predicted octanol–water partition coefficient (Wildman–Crippen LogP) is 4.10. The van der Waals surface area contributed by atoms with Gasteiger partial charge in [-0.1, -0.05) is 12.1 Å². The monoisotopic (exact) mass is 533 g/mol. The van der Waals surface area contributed by atoms with E-state index in [2.05, 4.69) is 20.3 Å². The van der Waals surface area contributed by atoms with Crippen LogP contribution in [0.2, 0.25) is 0 Å². The lowest BCUT2D eigenvalue weighted by molar-refractivity contribution is -0.141. The molecule has 0 atom stereocenters. The molecule has 2 aromatic heterocycles. The number of nitrogens with one attached hydrogen (secondary N) is 2. The van der Waals surface area contributed by atoms with Crippen LogP contribution in [0, 0.1) is 0 Å². The number of nitrogens with zero attached hydrogens (tertiary/aromatic N) is 3. The smallest absolute Gasteiger partial charge is 0.354 e. The van der Waals surface area contributed by atoms with Gasteiger partial charge >= 0.3 is 12.4 Å². The summed E-state index contributed by atoms with van der Waals surface area (Å²) in [7, 11) is -4.79. The number of aromatic amines is 1. The van der Waals surface area contributed by atoms with E-state index in [9.17, 15) is 39.6 Å². The molecule has 1 amide bonds. The topological polar surface area (TPSA) is 108 Å². The zero-order chi connectivity index (χ0) is 26.3. The number of imidazole rings is 1. The average molecular weight is 533 g/mol. The van der Waals surface area contributed by atoms with E-state index in [0.717, 1.165) is 29.6 Å². The summed E-state index contributed by atoms with van der Waals surface area (Å²) in [6, 6.07) is 7.25. The summed E-state index contributed by atoms with van der Waals surface area (Å²) in [5, 5.41) is 2.07. The molecule has 8 nitrogen and oxygen atoms in total. The van der Waals surface area contributed by atoms with Gasteiger partial charge in [-0.25, -0.2) is 18.4 Å². The number of alkyl halides is 6. The number of benzene rings is 1. The number of pyridine rings is 1. The standard InChI is InChI=1S/C21H17F6N5O3S/c22-20(23,24)11-36(34,35)19-29-9-16(31-19)18(33)32-7-6-14-12(10-32)2-1-3-15(14)30-13-4-5-17(28-8-13)21(25,26)27/h1-5,8-9,30H,6-7,10-11H2,(H,29,31). The number of halogens is 6. The number of H-pyrrole nitrogens is 1. The van der Waals surface area contributed by atoms with Crippen LogP contribution in [-0.2, 0) is 29.0 Å². The van der Waals surface area contributed by atoms with Crippen molar-refractivity contribution in [2.24, 2.45) is 0 Å². The fourth-order valence-electron chi connectivity index (χ4n) is 3.71. The largest absolute Gasteiger partial charge is 0.433 e. The van der Waals surface area contributed by atoms with Crippen LogP contribution in [0.25, 0.3) is 0 Å². The van der Waals surface area contributed by atoms with Gasteiger partial charge in [-0.3, -0.25) is 4.79 Å². The Bertz CT molecular complexity index is 1380. The van der Waals surface area contributed by atoms with Crippen LogP contribution < -0.4 is 5.32 Å². The van der Waals surface area contributed by atoms with Crippen molar-refractivity contribution in [2.75, 3.05) is 17.6 Å². The minimum atomic E-state index is -4.96. The molecule has 36 heavy (non-hydrogen) atoms. The molecule has 0 saturated carbocycles. The number of carbonyl (C=O) groups is 1. The Kier molecular flexibility index (Phi) is 6.45. The van der Waals surface area contributed by atoms with Crippen LogP contribution in [-0.4, -0.2) is 52.7 Å². The number of amides is 1. The van der Waals surface area contributed by atoms with E-state index in [-0.39, 0.29) is 18.8 Å². The highest BCUT2D eigenvalue weighted by molar-refractivity contribution is 7.91. The van der Waals surface area contributed by atoms with Crippen LogP contribution in [0.4, 0.5) is 37.7 Å². The summed E-state index contributed by atoms with van der Waals surface area (Å²) >= 11 is 0. The first-order valence-electron chi connectivity index (χ1n) is 10.3. The van der Waals surface area contributed by atoms with E-state index < -0.39 is 44.7 Å². The Hall–Kier alpha value is -3.62. The lowest BCUT2D eigenvalue weighted by Gasteiger charge is -2.30. The molecule has 0 radical (unpaired) electrons. The maximum Gasteiger partial charge on any atom is 0.433 e. The lowest BCUT2D eigenvalue weighted by atomic mass is 9.97. The van der Waals surface area contributed by atoms with Gasteiger partial charge in [0.2, 0.25) is 15.0 Å². The third-order valence-electron chi connectivity index (χ3n) is 5.31. The van der Waals surface area contributed by atoms with Gasteiger partial charge in [0.15, 0.2) is 5.75 Å². The normalized spacial score (nSPS) is 14.4. The summed E-state index contributed by atoms with van der Waals surface area (Å²) in [6.45, 7) is 0.291. The number of anilines is 2. The number of aromatic nitrogens is 3. The van der Waals surface area contributed by atoms with Crippen LogP contribution >= 0.6 is 0 Å². The second-order valence-corrected chi connectivity index (χ2v) is 9.84. The van der Waals surface area contributed by atoms with Crippen LogP contribution in [0.3, 0.4) is 0 Å². The van der Waals surface area contributed by atoms with Crippen molar-refractivity contribution < 1.29 is 39.6 Å². The molecular formula is C21H17F6N5O3S. The van der Waals surface area contributed by atoms with Crippen molar-refractivity contribution in [2.45, 2.75) is 30.5 Å². The number of rotatable bonds is 5. The number of sulfone groups is 1. The summed E-state index contributed by atoms with van der Waals surface area (Å²) in [6.07, 6.45) is -7.17. The molecule has 3 aromatic rings. The summed E-state index contributed by atoms with van der Waals surface area (Å²) in [5.74, 6) is -2.78. The first kappa shape index (κ1) is 25.5. The molecule has 2 N–H and O–H groups in total. The van der Waals surface area contributed by atoms with Crippen molar-refractivity contribution in [3.63, 3.8) is 0 Å². The van der Waals surface area contributed by atoms with E-state index in [1.54, 1.807) is 18.2 Å². The van der Waals surface area contributed by atoms with Gasteiger partial charge in [-0.15, -0.1) is 0 Å². The van der Waals surface area contributed by atoms with E-state index >= 15 is 0 Å². The minimum absolute atomic E-state index is 0.104. The van der Waals surface area contributed by atoms with Crippen molar-refractivity contribution in [3.05, 3.63) is 65.2 Å². The Labute approximate surface area is 200 Å². The van der Waals surface area contributed by atoms with Gasteiger partial charge in [0, 0.05) is 25.0 Å². The molecule has 0 aliphatic carbocycles. The third kappa shape index (κ3) is 5.61. The molecule has 192 valence electrons. The van der Waals surface area contributed by atoms with Gasteiger partial charge < -0.3 is 15.2 Å². The Morgan fingerprint density at radius 3 is 2.50 bits per heavy atom. The molecule has 3 heterocycles. The van der Waals surface area contributed by atoms with E-state index in [0.29, 0.717) is 17.8 Å². The molecule has 1 aromatic carbocycles. The Balaban J connectivity index is 1.48. The summed E-state index contributed by atoms with van der Waals surface area (Å²) in [5.41, 5.74) is 1.12. The highest BCUT2D eigenvalue weighted by Gasteiger charge is 2.38. The molecule has 1 aliphatic rings. The molecule has 0 fully saturated rings. The van der Waals surface area contributed by atoms with Gasteiger partial charge in [-0.05, 0) is 35.7 Å². The number of hydrogen-bond acceptors (Lipinski definition) is 6. The molecule has 4 rings (SSSR count). The average Bonchev–Trinajstić information content (AvgIpc) is 3.28. The molecule has 0 bridgehead atoms. The molecule has 1 aliphatic heterocycles. The van der Waals surface area contributed by atoms with Crippen molar-refractivity contribution in [1.82, 2.24) is 19.9 Å². The Morgan fingerprint density at radius 2 is 1.86 bits per heavy atom. The molecular weight excluding hydrogens is 516 g/mol. The van der Waals surface area contributed by atoms with Gasteiger partial charge in [0.05, 0.1) is 11.9 Å². The molecule has 0 saturated heterocycles. The first-order valence-corrected chi connectivity index (χ1v) is 11.9. The maximum absolute atomic E-state index is 12.8. The molecule has 15 heteroatoms. The summed E-state index contributed by atoms with van der Waals surface area (Å²) < 4.78 is 99.5. The lowest BCUT2D eigenvalue weighted by Crippen LogP contribution is -2.36. The second-order valence-electron chi connectivity index (χ2n) is 7.94. The fraction of sp³-hybridized carbons (Fsp3) is 0.286. The number of carbonyl (C=O) groups excluding carboxylic acids is 1. The number of fused-ring (bicyclic) bond motifs is 1. The van der Waals surface area contributed by atoms with Crippen LogP contribution in [0.5, 0.6) is 0 Å². The van der Waals surface area contributed by atoms with Crippen LogP contribution in [0.15, 0.2) is 47.9 Å². The van der Waals surface area contributed by atoms with Gasteiger partial charge in [0.1, 0.15) is 11.4 Å². The van der Waals surface area contributed by atoms with E-state index in [4.69, 9.17) is 0 Å².